The van der Waals surface area contributed by atoms with Gasteiger partial charge < -0.3 is 15.2 Å². The summed E-state index contributed by atoms with van der Waals surface area (Å²) in [5, 5.41) is 12.3. The van der Waals surface area contributed by atoms with Crippen molar-refractivity contribution in [3.8, 4) is 0 Å². The van der Waals surface area contributed by atoms with Crippen LogP contribution in [0.25, 0.3) is 0 Å². The lowest BCUT2D eigenvalue weighted by Crippen LogP contribution is -2.61. The lowest BCUT2D eigenvalue weighted by Gasteiger charge is -2.43. The highest BCUT2D eigenvalue weighted by atomic mass is 16.6. The van der Waals surface area contributed by atoms with Crippen molar-refractivity contribution in [3.05, 3.63) is 35.4 Å². The predicted molar refractivity (Wildman–Crippen MR) is 86.3 cm³/mol. The molecule has 23 heavy (non-hydrogen) atoms. The SMILES string of the molecule is Cc1cccc([C@H](C(=O)O)N2CC(NC(=O)OC(C)(C)C)C2)c1. The van der Waals surface area contributed by atoms with Crippen molar-refractivity contribution in [2.45, 2.75) is 45.4 Å². The fraction of sp³-hybridized carbons (Fsp3) is 0.529. The molecular formula is C17H24N2O4. The number of amides is 1. The van der Waals surface area contributed by atoms with Gasteiger partial charge in [0.15, 0.2) is 0 Å². The third kappa shape index (κ3) is 4.69. The Morgan fingerprint density at radius 3 is 2.52 bits per heavy atom. The van der Waals surface area contributed by atoms with Gasteiger partial charge >= 0.3 is 12.1 Å². The van der Waals surface area contributed by atoms with E-state index in [0.29, 0.717) is 13.1 Å². The third-order valence-electron chi connectivity index (χ3n) is 3.59. The number of aryl methyl sites for hydroxylation is 1. The number of carbonyl (C=O) groups is 2. The molecule has 1 atom stereocenters. The van der Waals surface area contributed by atoms with Gasteiger partial charge in [-0.15, -0.1) is 0 Å². The van der Waals surface area contributed by atoms with Crippen LogP contribution in [0.15, 0.2) is 24.3 Å². The van der Waals surface area contributed by atoms with E-state index in [1.807, 2.05) is 36.1 Å². The number of nitrogens with zero attached hydrogens (tertiary/aromatic N) is 1. The number of carbonyl (C=O) groups excluding carboxylic acids is 1. The van der Waals surface area contributed by atoms with Crippen molar-refractivity contribution in [1.82, 2.24) is 10.2 Å². The molecule has 126 valence electrons. The normalized spacial score (nSPS) is 17.2. The summed E-state index contributed by atoms with van der Waals surface area (Å²) in [5.41, 5.74) is 1.24. The Balaban J connectivity index is 1.93. The number of carboxylic acid groups (broad SMARTS) is 1. The molecule has 0 aromatic heterocycles. The first kappa shape index (κ1) is 17.3. The highest BCUT2D eigenvalue weighted by Gasteiger charge is 2.38. The molecule has 1 aliphatic heterocycles. The maximum Gasteiger partial charge on any atom is 0.407 e. The Labute approximate surface area is 136 Å². The molecule has 0 saturated carbocycles. The summed E-state index contributed by atoms with van der Waals surface area (Å²) in [4.78, 5) is 25.2. The monoisotopic (exact) mass is 320 g/mol. The van der Waals surface area contributed by atoms with Crippen molar-refractivity contribution in [2.24, 2.45) is 0 Å². The Kier molecular flexibility index (Phi) is 4.94. The van der Waals surface area contributed by atoms with Crippen LogP contribution in [0.2, 0.25) is 0 Å². The summed E-state index contributed by atoms with van der Waals surface area (Å²) < 4.78 is 5.20. The van der Waals surface area contributed by atoms with Gasteiger partial charge in [0.2, 0.25) is 0 Å². The Hall–Kier alpha value is -2.08. The van der Waals surface area contributed by atoms with E-state index in [9.17, 15) is 14.7 Å². The van der Waals surface area contributed by atoms with Crippen LogP contribution in [-0.2, 0) is 9.53 Å². The van der Waals surface area contributed by atoms with E-state index in [-0.39, 0.29) is 6.04 Å². The molecule has 0 radical (unpaired) electrons. The van der Waals surface area contributed by atoms with Crippen LogP contribution in [0.4, 0.5) is 4.79 Å². The van der Waals surface area contributed by atoms with Crippen molar-refractivity contribution in [3.63, 3.8) is 0 Å². The van der Waals surface area contributed by atoms with Gasteiger partial charge in [-0.2, -0.15) is 0 Å². The zero-order valence-corrected chi connectivity index (χ0v) is 14.0. The van der Waals surface area contributed by atoms with Crippen LogP contribution in [0.3, 0.4) is 0 Å². The summed E-state index contributed by atoms with van der Waals surface area (Å²) in [7, 11) is 0. The molecule has 0 unspecified atom stereocenters. The number of hydrogen-bond acceptors (Lipinski definition) is 4. The number of carboxylic acids is 1. The standard InChI is InChI=1S/C17H24N2O4/c1-11-6-5-7-12(8-11)14(15(20)21)19-9-13(10-19)18-16(22)23-17(2,3)4/h5-8,13-14H,9-10H2,1-4H3,(H,18,22)(H,20,21)/t14-/m1/s1. The van der Waals surface area contributed by atoms with Crippen molar-refractivity contribution >= 4 is 12.1 Å². The van der Waals surface area contributed by atoms with Gasteiger partial charge in [0, 0.05) is 13.1 Å². The van der Waals surface area contributed by atoms with Crippen molar-refractivity contribution in [1.29, 1.82) is 0 Å². The Morgan fingerprint density at radius 2 is 2.00 bits per heavy atom. The molecule has 6 nitrogen and oxygen atoms in total. The zero-order chi connectivity index (χ0) is 17.2. The summed E-state index contributed by atoms with van der Waals surface area (Å²) >= 11 is 0. The van der Waals surface area contributed by atoms with E-state index >= 15 is 0 Å². The average molecular weight is 320 g/mol. The second-order valence-corrected chi connectivity index (χ2v) is 6.95. The van der Waals surface area contributed by atoms with Crippen LogP contribution in [0, 0.1) is 6.92 Å². The van der Waals surface area contributed by atoms with Gasteiger partial charge in [0.25, 0.3) is 0 Å². The van der Waals surface area contributed by atoms with Gasteiger partial charge in [0.1, 0.15) is 11.6 Å². The van der Waals surface area contributed by atoms with Gasteiger partial charge in [0.05, 0.1) is 6.04 Å². The number of rotatable bonds is 4. The van der Waals surface area contributed by atoms with E-state index in [2.05, 4.69) is 5.32 Å². The van der Waals surface area contributed by atoms with Gasteiger partial charge in [-0.25, -0.2) is 4.79 Å². The number of likely N-dealkylation sites (tertiary alicyclic amines) is 1. The molecule has 2 N–H and O–H groups in total. The number of alkyl carbamates (subject to hydrolysis) is 1. The smallest absolute Gasteiger partial charge is 0.407 e. The van der Waals surface area contributed by atoms with E-state index in [1.54, 1.807) is 20.8 Å². The molecule has 0 spiro atoms. The second kappa shape index (κ2) is 6.58. The lowest BCUT2D eigenvalue weighted by atomic mass is 9.98. The topological polar surface area (TPSA) is 78.9 Å². The average Bonchev–Trinajstić information content (AvgIpc) is 2.33. The highest BCUT2D eigenvalue weighted by Crippen LogP contribution is 2.27. The molecule has 1 amide bonds. The fourth-order valence-corrected chi connectivity index (χ4v) is 2.64. The van der Waals surface area contributed by atoms with E-state index in [0.717, 1.165) is 11.1 Å². The molecule has 1 saturated heterocycles. The third-order valence-corrected chi connectivity index (χ3v) is 3.59. The molecule has 1 aliphatic rings. The van der Waals surface area contributed by atoms with Crippen molar-refractivity contribution < 1.29 is 19.4 Å². The molecular weight excluding hydrogens is 296 g/mol. The molecule has 1 aromatic rings. The molecule has 2 rings (SSSR count). The molecule has 0 aliphatic carbocycles. The lowest BCUT2D eigenvalue weighted by molar-refractivity contribution is -0.145. The summed E-state index contributed by atoms with van der Waals surface area (Å²) in [6.07, 6.45) is -0.468. The minimum Gasteiger partial charge on any atom is -0.480 e. The molecule has 6 heteroatoms. The first-order valence-electron chi connectivity index (χ1n) is 7.68. The van der Waals surface area contributed by atoms with Crippen LogP contribution < -0.4 is 5.32 Å². The number of ether oxygens (including phenoxy) is 1. The largest absolute Gasteiger partial charge is 0.480 e. The second-order valence-electron chi connectivity index (χ2n) is 6.95. The molecule has 1 heterocycles. The van der Waals surface area contributed by atoms with Crippen LogP contribution in [0.1, 0.15) is 37.9 Å². The number of nitrogens with one attached hydrogen (secondary N) is 1. The molecule has 1 aromatic carbocycles. The minimum atomic E-state index is -0.883. The zero-order valence-electron chi connectivity index (χ0n) is 14.0. The minimum absolute atomic E-state index is 0.0866. The molecule has 0 bridgehead atoms. The van der Waals surface area contributed by atoms with E-state index < -0.39 is 23.7 Å². The maximum atomic E-state index is 11.7. The summed E-state index contributed by atoms with van der Waals surface area (Å²) in [6.45, 7) is 8.33. The quantitative estimate of drug-likeness (QED) is 0.890. The van der Waals surface area contributed by atoms with E-state index in [1.165, 1.54) is 0 Å². The first-order chi connectivity index (χ1) is 10.7. The van der Waals surface area contributed by atoms with Crippen LogP contribution in [-0.4, -0.2) is 46.8 Å². The van der Waals surface area contributed by atoms with Gasteiger partial charge in [-0.3, -0.25) is 9.69 Å². The fourth-order valence-electron chi connectivity index (χ4n) is 2.64. The summed E-state index contributed by atoms with van der Waals surface area (Å²) in [5.74, 6) is -0.883. The van der Waals surface area contributed by atoms with Crippen LogP contribution in [0.5, 0.6) is 0 Å². The number of benzene rings is 1. The first-order valence-corrected chi connectivity index (χ1v) is 7.68. The summed E-state index contributed by atoms with van der Waals surface area (Å²) in [6, 6.07) is 6.72. The van der Waals surface area contributed by atoms with Crippen LogP contribution >= 0.6 is 0 Å². The Bertz CT molecular complexity index is 589. The van der Waals surface area contributed by atoms with Gasteiger partial charge in [-0.1, -0.05) is 29.8 Å². The molecule has 1 fully saturated rings. The predicted octanol–water partition coefficient (Wildman–Crippen LogP) is 2.33. The van der Waals surface area contributed by atoms with Crippen molar-refractivity contribution in [2.75, 3.05) is 13.1 Å². The highest BCUT2D eigenvalue weighted by molar-refractivity contribution is 5.76. The number of hydrogen-bond donors (Lipinski definition) is 2. The van der Waals surface area contributed by atoms with E-state index in [4.69, 9.17) is 4.74 Å². The number of aliphatic carboxylic acids is 1. The van der Waals surface area contributed by atoms with Gasteiger partial charge in [-0.05, 0) is 33.3 Å². The maximum absolute atomic E-state index is 11.7. The Morgan fingerprint density at radius 1 is 1.35 bits per heavy atom.